The summed E-state index contributed by atoms with van der Waals surface area (Å²) in [5.41, 5.74) is 2.03. The lowest BCUT2D eigenvalue weighted by molar-refractivity contribution is 0.309. The molecule has 2 rings (SSSR count). The molecular formula is C14H21N3OS. The van der Waals surface area contributed by atoms with Crippen molar-refractivity contribution in [1.82, 2.24) is 15.1 Å². The fourth-order valence-electron chi connectivity index (χ4n) is 1.98. The Morgan fingerprint density at radius 3 is 2.68 bits per heavy atom. The first-order valence-corrected chi connectivity index (χ1v) is 7.28. The van der Waals surface area contributed by atoms with Gasteiger partial charge >= 0.3 is 0 Å². The lowest BCUT2D eigenvalue weighted by atomic mass is 10.3. The maximum atomic E-state index is 5.79. The van der Waals surface area contributed by atoms with E-state index in [1.54, 1.807) is 0 Å². The maximum Gasteiger partial charge on any atom is 0.163 e. The number of aryl methyl sites for hydroxylation is 3. The van der Waals surface area contributed by atoms with Crippen LogP contribution in [0.1, 0.15) is 21.1 Å². The van der Waals surface area contributed by atoms with E-state index in [0.29, 0.717) is 6.61 Å². The molecule has 104 valence electrons. The molecule has 0 aliphatic heterocycles. The first-order chi connectivity index (χ1) is 9.08. The van der Waals surface area contributed by atoms with Crippen molar-refractivity contribution in [2.45, 2.75) is 27.3 Å². The first-order valence-electron chi connectivity index (χ1n) is 6.47. The molecule has 1 N–H and O–H groups in total. The Bertz CT molecular complexity index is 545. The highest BCUT2D eigenvalue weighted by Gasteiger charge is 2.09. The van der Waals surface area contributed by atoms with Crippen molar-refractivity contribution in [3.05, 3.63) is 33.3 Å². The van der Waals surface area contributed by atoms with Gasteiger partial charge in [0.25, 0.3) is 0 Å². The predicted molar refractivity (Wildman–Crippen MR) is 78.9 cm³/mol. The van der Waals surface area contributed by atoms with Crippen LogP contribution in [0.5, 0.6) is 5.75 Å². The molecule has 0 fully saturated rings. The van der Waals surface area contributed by atoms with E-state index >= 15 is 0 Å². The molecule has 0 saturated heterocycles. The zero-order valence-corrected chi connectivity index (χ0v) is 12.8. The zero-order valence-electron chi connectivity index (χ0n) is 12.0. The molecule has 2 heterocycles. The molecule has 0 aliphatic rings. The van der Waals surface area contributed by atoms with Crippen LogP contribution in [-0.4, -0.2) is 22.9 Å². The third-order valence-electron chi connectivity index (χ3n) is 3.06. The van der Waals surface area contributed by atoms with Gasteiger partial charge in [-0.15, -0.1) is 11.3 Å². The van der Waals surface area contributed by atoms with Gasteiger partial charge in [0, 0.05) is 29.9 Å². The van der Waals surface area contributed by atoms with Crippen LogP contribution < -0.4 is 10.1 Å². The molecular weight excluding hydrogens is 258 g/mol. The van der Waals surface area contributed by atoms with E-state index in [4.69, 9.17) is 4.74 Å². The summed E-state index contributed by atoms with van der Waals surface area (Å²) in [4.78, 5) is 2.72. The SMILES string of the molecule is Cc1ccc(CNCCOc2c(C)nn(C)c2C)s1. The highest BCUT2D eigenvalue weighted by Crippen LogP contribution is 2.21. The summed E-state index contributed by atoms with van der Waals surface area (Å²) in [6.45, 7) is 8.54. The molecule has 19 heavy (non-hydrogen) atoms. The van der Waals surface area contributed by atoms with Gasteiger partial charge < -0.3 is 10.1 Å². The lowest BCUT2D eigenvalue weighted by Crippen LogP contribution is -2.20. The van der Waals surface area contributed by atoms with Gasteiger partial charge in [-0.1, -0.05) is 0 Å². The summed E-state index contributed by atoms with van der Waals surface area (Å²) < 4.78 is 7.64. The van der Waals surface area contributed by atoms with E-state index in [9.17, 15) is 0 Å². The third kappa shape index (κ3) is 3.58. The van der Waals surface area contributed by atoms with Crippen LogP contribution in [0.4, 0.5) is 0 Å². The minimum absolute atomic E-state index is 0.664. The Morgan fingerprint density at radius 2 is 2.11 bits per heavy atom. The molecule has 0 saturated carbocycles. The third-order valence-corrected chi connectivity index (χ3v) is 4.06. The standard InChI is InChI=1S/C14H21N3OS/c1-10-5-6-13(19-10)9-15-7-8-18-14-11(2)16-17(4)12(14)3/h5-6,15H,7-9H2,1-4H3. The van der Waals surface area contributed by atoms with E-state index < -0.39 is 0 Å². The van der Waals surface area contributed by atoms with Crippen molar-refractivity contribution in [1.29, 1.82) is 0 Å². The zero-order chi connectivity index (χ0) is 13.8. The van der Waals surface area contributed by atoms with Gasteiger partial charge in [-0.25, -0.2) is 0 Å². The summed E-state index contributed by atoms with van der Waals surface area (Å²) in [7, 11) is 1.94. The van der Waals surface area contributed by atoms with Crippen LogP contribution in [0.15, 0.2) is 12.1 Å². The topological polar surface area (TPSA) is 39.1 Å². The predicted octanol–water partition coefficient (Wildman–Crippen LogP) is 2.58. The average Bonchev–Trinajstić information content (AvgIpc) is 2.87. The molecule has 0 aliphatic carbocycles. The van der Waals surface area contributed by atoms with Gasteiger partial charge in [0.1, 0.15) is 12.3 Å². The summed E-state index contributed by atoms with van der Waals surface area (Å²) >= 11 is 1.83. The highest BCUT2D eigenvalue weighted by molar-refractivity contribution is 7.11. The molecule has 0 bridgehead atoms. The molecule has 5 heteroatoms. The molecule has 0 radical (unpaired) electrons. The van der Waals surface area contributed by atoms with Gasteiger partial charge in [-0.3, -0.25) is 4.68 Å². The number of ether oxygens (including phenoxy) is 1. The van der Waals surface area contributed by atoms with Crippen molar-refractivity contribution >= 4 is 11.3 Å². The summed E-state index contributed by atoms with van der Waals surface area (Å²) in [6, 6.07) is 4.32. The van der Waals surface area contributed by atoms with Crippen LogP contribution >= 0.6 is 11.3 Å². The van der Waals surface area contributed by atoms with Crippen LogP contribution in [0.2, 0.25) is 0 Å². The fraction of sp³-hybridized carbons (Fsp3) is 0.500. The fourth-order valence-corrected chi connectivity index (χ4v) is 2.84. The Morgan fingerprint density at radius 1 is 1.32 bits per heavy atom. The number of nitrogens with zero attached hydrogens (tertiary/aromatic N) is 2. The number of aromatic nitrogens is 2. The van der Waals surface area contributed by atoms with E-state index in [-0.39, 0.29) is 0 Å². The van der Waals surface area contributed by atoms with E-state index in [1.807, 2.05) is 36.9 Å². The van der Waals surface area contributed by atoms with Crippen LogP contribution in [0, 0.1) is 20.8 Å². The normalized spacial score (nSPS) is 10.9. The highest BCUT2D eigenvalue weighted by atomic mass is 32.1. The molecule has 0 spiro atoms. The minimum Gasteiger partial charge on any atom is -0.488 e. The molecule has 0 aromatic carbocycles. The molecule has 2 aromatic heterocycles. The molecule has 0 amide bonds. The molecule has 0 unspecified atom stereocenters. The second-order valence-corrected chi connectivity index (χ2v) is 6.03. The molecule has 2 aromatic rings. The van der Waals surface area contributed by atoms with Gasteiger partial charge in [-0.05, 0) is 32.9 Å². The van der Waals surface area contributed by atoms with E-state index in [1.165, 1.54) is 9.75 Å². The smallest absolute Gasteiger partial charge is 0.163 e. The number of nitrogens with one attached hydrogen (secondary N) is 1. The second-order valence-electron chi connectivity index (χ2n) is 4.66. The number of hydrogen-bond donors (Lipinski definition) is 1. The summed E-state index contributed by atoms with van der Waals surface area (Å²) in [6.07, 6.45) is 0. The second kappa shape index (κ2) is 6.21. The maximum absolute atomic E-state index is 5.79. The first kappa shape index (κ1) is 14.1. The van der Waals surface area contributed by atoms with E-state index in [2.05, 4.69) is 29.5 Å². The summed E-state index contributed by atoms with van der Waals surface area (Å²) in [5.74, 6) is 0.913. The molecule has 0 atom stereocenters. The van der Waals surface area contributed by atoms with Gasteiger partial charge in [0.05, 0.1) is 5.69 Å². The lowest BCUT2D eigenvalue weighted by Gasteiger charge is -2.07. The van der Waals surface area contributed by atoms with Crippen molar-refractivity contribution in [2.24, 2.45) is 7.05 Å². The van der Waals surface area contributed by atoms with Gasteiger partial charge in [0.2, 0.25) is 0 Å². The van der Waals surface area contributed by atoms with Crippen molar-refractivity contribution in [2.75, 3.05) is 13.2 Å². The van der Waals surface area contributed by atoms with Crippen LogP contribution in [0.3, 0.4) is 0 Å². The average molecular weight is 279 g/mol. The summed E-state index contributed by atoms with van der Waals surface area (Å²) in [5, 5.41) is 7.72. The number of rotatable bonds is 6. The largest absolute Gasteiger partial charge is 0.488 e. The number of thiophene rings is 1. The van der Waals surface area contributed by atoms with Gasteiger partial charge in [-0.2, -0.15) is 5.10 Å². The Hall–Kier alpha value is -1.33. The Kier molecular flexibility index (Phi) is 4.61. The Labute approximate surface area is 118 Å². The minimum atomic E-state index is 0.664. The Balaban J connectivity index is 1.72. The van der Waals surface area contributed by atoms with Gasteiger partial charge in [0.15, 0.2) is 5.75 Å². The van der Waals surface area contributed by atoms with Crippen molar-refractivity contribution < 1.29 is 4.74 Å². The molecule has 4 nitrogen and oxygen atoms in total. The monoisotopic (exact) mass is 279 g/mol. The van der Waals surface area contributed by atoms with Crippen molar-refractivity contribution in [3.63, 3.8) is 0 Å². The van der Waals surface area contributed by atoms with Crippen molar-refractivity contribution in [3.8, 4) is 5.75 Å². The van der Waals surface area contributed by atoms with Crippen LogP contribution in [-0.2, 0) is 13.6 Å². The quantitative estimate of drug-likeness (QED) is 0.826. The van der Waals surface area contributed by atoms with Crippen LogP contribution in [0.25, 0.3) is 0 Å². The number of hydrogen-bond acceptors (Lipinski definition) is 4. The van der Waals surface area contributed by atoms with E-state index in [0.717, 1.165) is 30.2 Å².